The topological polar surface area (TPSA) is 55.8 Å². The van der Waals surface area contributed by atoms with Gasteiger partial charge in [0.2, 0.25) is 5.91 Å². The average Bonchev–Trinajstić information content (AvgIpc) is 3.13. The molecule has 0 saturated carbocycles. The highest BCUT2D eigenvalue weighted by Crippen LogP contribution is 2.42. The molecule has 8 heteroatoms. The summed E-state index contributed by atoms with van der Waals surface area (Å²) in [7, 11) is 0. The van der Waals surface area contributed by atoms with Crippen LogP contribution in [0.15, 0.2) is 72.5 Å². The largest absolute Gasteiger partial charge is 0.490 e. The average molecular weight is 429 g/mol. The number of cyclic esters (lactones) is 1. The van der Waals surface area contributed by atoms with Crippen molar-refractivity contribution in [1.82, 2.24) is 0 Å². The van der Waals surface area contributed by atoms with Gasteiger partial charge in [0.05, 0.1) is 16.8 Å². The lowest BCUT2D eigenvalue weighted by Gasteiger charge is -2.32. The molecule has 0 aliphatic carbocycles. The first-order valence-electron chi connectivity index (χ1n) is 9.53. The van der Waals surface area contributed by atoms with Crippen LogP contribution in [0, 0.1) is 0 Å². The van der Waals surface area contributed by atoms with Crippen molar-refractivity contribution in [2.45, 2.75) is 18.5 Å². The number of hydrogen-bond donors (Lipinski definition) is 0. The van der Waals surface area contributed by atoms with Crippen LogP contribution in [0.1, 0.15) is 23.5 Å². The SMILES string of the molecule is C=CCOc1ccc(C2CC(=O)N(c3ccc(C(F)(F)F)cc3)C3=C2C(=O)OC3)cc1. The Labute approximate surface area is 176 Å². The quantitative estimate of drug-likeness (QED) is 0.515. The lowest BCUT2D eigenvalue weighted by atomic mass is 9.84. The number of rotatable bonds is 5. The molecule has 0 bridgehead atoms. The fourth-order valence-electron chi connectivity index (χ4n) is 3.79. The Morgan fingerprint density at radius 2 is 1.77 bits per heavy atom. The summed E-state index contributed by atoms with van der Waals surface area (Å²) in [5.74, 6) is -0.734. The van der Waals surface area contributed by atoms with E-state index in [1.54, 1.807) is 30.3 Å². The molecule has 2 aliphatic rings. The van der Waals surface area contributed by atoms with Gasteiger partial charge in [0.15, 0.2) is 0 Å². The van der Waals surface area contributed by atoms with Crippen molar-refractivity contribution >= 4 is 17.6 Å². The second-order valence-electron chi connectivity index (χ2n) is 7.14. The van der Waals surface area contributed by atoms with Gasteiger partial charge in [-0.15, -0.1) is 0 Å². The van der Waals surface area contributed by atoms with E-state index in [0.717, 1.165) is 17.7 Å². The molecule has 0 radical (unpaired) electrons. The molecular formula is C23H18F3NO4. The Morgan fingerprint density at radius 3 is 2.39 bits per heavy atom. The molecule has 2 heterocycles. The standard InChI is InChI=1S/C23H18F3NO4/c1-2-11-30-17-9-3-14(4-10-17)18-12-20(28)27(19-13-31-22(29)21(18)19)16-7-5-15(6-8-16)23(24,25)26/h2-10,18H,1,11-13H2. The third kappa shape index (κ3) is 3.93. The van der Waals surface area contributed by atoms with Crippen LogP contribution in [-0.4, -0.2) is 25.1 Å². The molecule has 2 aromatic carbocycles. The number of benzene rings is 2. The van der Waals surface area contributed by atoms with Gasteiger partial charge in [-0.1, -0.05) is 24.8 Å². The van der Waals surface area contributed by atoms with Gasteiger partial charge in [-0.3, -0.25) is 9.69 Å². The van der Waals surface area contributed by atoms with Crippen LogP contribution in [0.3, 0.4) is 0 Å². The van der Waals surface area contributed by atoms with Gasteiger partial charge in [0.25, 0.3) is 0 Å². The predicted molar refractivity (Wildman–Crippen MR) is 106 cm³/mol. The Morgan fingerprint density at radius 1 is 1.10 bits per heavy atom. The lowest BCUT2D eigenvalue weighted by molar-refractivity contribution is -0.138. The van der Waals surface area contributed by atoms with Crippen molar-refractivity contribution in [2.75, 3.05) is 18.1 Å². The molecule has 160 valence electrons. The third-order valence-corrected chi connectivity index (χ3v) is 5.22. The number of nitrogens with zero attached hydrogens (tertiary/aromatic N) is 1. The predicted octanol–water partition coefficient (Wildman–Crippen LogP) is 4.60. The molecule has 2 aliphatic heterocycles. The first kappa shape index (κ1) is 20.7. The molecule has 0 fully saturated rings. The van der Waals surface area contributed by atoms with Gasteiger partial charge in [-0.2, -0.15) is 13.2 Å². The third-order valence-electron chi connectivity index (χ3n) is 5.22. The second-order valence-corrected chi connectivity index (χ2v) is 7.14. The molecule has 0 saturated heterocycles. The molecular weight excluding hydrogens is 411 g/mol. The van der Waals surface area contributed by atoms with E-state index in [9.17, 15) is 22.8 Å². The van der Waals surface area contributed by atoms with E-state index in [1.807, 2.05) is 0 Å². The van der Waals surface area contributed by atoms with Gasteiger partial charge in [0.1, 0.15) is 19.0 Å². The minimum atomic E-state index is -4.48. The van der Waals surface area contributed by atoms with Gasteiger partial charge < -0.3 is 9.47 Å². The molecule has 4 rings (SSSR count). The molecule has 2 aromatic rings. The Balaban J connectivity index is 1.68. The molecule has 31 heavy (non-hydrogen) atoms. The summed E-state index contributed by atoms with van der Waals surface area (Å²) >= 11 is 0. The highest BCUT2D eigenvalue weighted by Gasteiger charge is 2.43. The van der Waals surface area contributed by atoms with Crippen LogP contribution in [0.5, 0.6) is 5.75 Å². The van der Waals surface area contributed by atoms with Crippen molar-refractivity contribution in [2.24, 2.45) is 0 Å². The van der Waals surface area contributed by atoms with E-state index in [2.05, 4.69) is 6.58 Å². The zero-order valence-electron chi connectivity index (χ0n) is 16.3. The van der Waals surface area contributed by atoms with Crippen molar-refractivity contribution in [3.05, 3.63) is 83.6 Å². The summed E-state index contributed by atoms with van der Waals surface area (Å²) in [5, 5.41) is 0. The van der Waals surface area contributed by atoms with E-state index < -0.39 is 23.6 Å². The normalized spacial score (nSPS) is 18.7. The van der Waals surface area contributed by atoms with Crippen molar-refractivity contribution in [3.63, 3.8) is 0 Å². The van der Waals surface area contributed by atoms with Crippen LogP contribution >= 0.6 is 0 Å². The molecule has 5 nitrogen and oxygen atoms in total. The van der Waals surface area contributed by atoms with Crippen LogP contribution in [-0.2, 0) is 20.5 Å². The fourth-order valence-corrected chi connectivity index (χ4v) is 3.79. The molecule has 0 aromatic heterocycles. The molecule has 1 atom stereocenters. The van der Waals surface area contributed by atoms with Gasteiger partial charge in [-0.05, 0) is 42.0 Å². The summed E-state index contributed by atoms with van der Waals surface area (Å²) < 4.78 is 49.3. The van der Waals surface area contributed by atoms with Crippen LogP contribution in [0.2, 0.25) is 0 Å². The second kappa shape index (κ2) is 7.94. The molecule has 1 amide bonds. The molecule has 0 spiro atoms. The summed E-state index contributed by atoms with van der Waals surface area (Å²) in [6.07, 6.45) is -2.87. The summed E-state index contributed by atoms with van der Waals surface area (Å²) in [5.41, 5.74) is 0.899. The minimum absolute atomic E-state index is 0.0121. The lowest BCUT2D eigenvalue weighted by Crippen LogP contribution is -2.37. The van der Waals surface area contributed by atoms with Crippen LogP contribution in [0.25, 0.3) is 0 Å². The van der Waals surface area contributed by atoms with E-state index >= 15 is 0 Å². The fraction of sp³-hybridized carbons (Fsp3) is 0.217. The number of carbonyl (C=O) groups excluding carboxylic acids is 2. The Kier molecular flexibility index (Phi) is 5.31. The van der Waals surface area contributed by atoms with Crippen LogP contribution < -0.4 is 9.64 Å². The van der Waals surface area contributed by atoms with Crippen molar-refractivity contribution in [1.29, 1.82) is 0 Å². The van der Waals surface area contributed by atoms with Crippen molar-refractivity contribution < 1.29 is 32.2 Å². The number of anilines is 1. The zero-order valence-corrected chi connectivity index (χ0v) is 16.3. The van der Waals surface area contributed by atoms with Gasteiger partial charge in [0, 0.05) is 18.0 Å². The summed E-state index contributed by atoms with van der Waals surface area (Å²) in [6.45, 7) is 3.83. The smallest absolute Gasteiger partial charge is 0.416 e. The van der Waals surface area contributed by atoms with E-state index in [1.165, 1.54) is 17.0 Å². The highest BCUT2D eigenvalue weighted by molar-refractivity contribution is 6.06. The number of ether oxygens (including phenoxy) is 2. The Hall–Kier alpha value is -3.55. The maximum atomic E-state index is 13.0. The van der Waals surface area contributed by atoms with Crippen molar-refractivity contribution in [3.8, 4) is 5.75 Å². The zero-order chi connectivity index (χ0) is 22.2. The van der Waals surface area contributed by atoms with E-state index in [-0.39, 0.29) is 24.6 Å². The highest BCUT2D eigenvalue weighted by atomic mass is 19.4. The monoisotopic (exact) mass is 429 g/mol. The van der Waals surface area contributed by atoms with E-state index in [0.29, 0.717) is 23.6 Å². The number of amides is 1. The Bertz CT molecular complexity index is 1060. The first-order valence-corrected chi connectivity index (χ1v) is 9.53. The first-order chi connectivity index (χ1) is 14.8. The minimum Gasteiger partial charge on any atom is -0.490 e. The number of esters is 1. The number of halogens is 3. The molecule has 0 N–H and O–H groups in total. The number of alkyl halides is 3. The summed E-state index contributed by atoms with van der Waals surface area (Å²) in [6, 6.07) is 11.3. The van der Waals surface area contributed by atoms with Gasteiger partial charge >= 0.3 is 12.1 Å². The number of carbonyl (C=O) groups is 2. The van der Waals surface area contributed by atoms with Gasteiger partial charge in [-0.25, -0.2) is 4.79 Å². The number of hydrogen-bond acceptors (Lipinski definition) is 4. The maximum absolute atomic E-state index is 13.0. The van der Waals surface area contributed by atoms with E-state index in [4.69, 9.17) is 9.47 Å². The molecule has 1 unspecified atom stereocenters. The van der Waals surface area contributed by atoms with Crippen LogP contribution in [0.4, 0.5) is 18.9 Å². The summed E-state index contributed by atoms with van der Waals surface area (Å²) in [4.78, 5) is 26.7. The maximum Gasteiger partial charge on any atom is 0.416 e.